The second-order valence-corrected chi connectivity index (χ2v) is 10.9. The molecule has 8 nitrogen and oxygen atoms in total. The summed E-state index contributed by atoms with van der Waals surface area (Å²) in [7, 11) is 2.16. The van der Waals surface area contributed by atoms with Crippen LogP contribution in [0.4, 0.5) is 0 Å². The lowest BCUT2D eigenvalue weighted by Crippen LogP contribution is -2.41. The van der Waals surface area contributed by atoms with E-state index in [9.17, 15) is 4.79 Å². The molecule has 2 aromatic heterocycles. The normalized spacial score (nSPS) is 30.1. The Morgan fingerprint density at radius 2 is 2.00 bits per heavy atom. The number of carbonyl (C=O) groups excluding carboxylic acids is 1. The number of likely N-dealkylation sites (N-methyl/N-ethyl adjacent to an activating group) is 1. The summed E-state index contributed by atoms with van der Waals surface area (Å²) in [5.41, 5.74) is 1.99. The van der Waals surface area contributed by atoms with Gasteiger partial charge in [-0.3, -0.25) is 9.69 Å². The molecule has 35 heavy (non-hydrogen) atoms. The Balaban J connectivity index is 1.37. The van der Waals surface area contributed by atoms with Crippen molar-refractivity contribution in [1.82, 2.24) is 20.0 Å². The van der Waals surface area contributed by atoms with Gasteiger partial charge in [0.25, 0.3) is 0 Å². The van der Waals surface area contributed by atoms with E-state index in [0.717, 1.165) is 88.0 Å². The Labute approximate surface area is 206 Å². The molecular weight excluding hydrogens is 444 g/mol. The molecule has 0 amide bonds. The van der Waals surface area contributed by atoms with Gasteiger partial charge in [-0.2, -0.15) is 4.98 Å². The molecule has 1 spiro atoms. The summed E-state index contributed by atoms with van der Waals surface area (Å²) >= 11 is 0. The van der Waals surface area contributed by atoms with Crippen molar-refractivity contribution in [2.75, 3.05) is 20.2 Å². The number of nitrogens with zero attached hydrogens (tertiary/aromatic N) is 4. The maximum absolute atomic E-state index is 13.1. The van der Waals surface area contributed by atoms with E-state index in [-0.39, 0.29) is 12.2 Å². The Morgan fingerprint density at radius 1 is 1.11 bits per heavy atom. The van der Waals surface area contributed by atoms with Crippen molar-refractivity contribution >= 4 is 5.78 Å². The van der Waals surface area contributed by atoms with Crippen molar-refractivity contribution in [2.45, 2.75) is 101 Å². The minimum atomic E-state index is -0.510. The second kappa shape index (κ2) is 9.28. The molecule has 8 heteroatoms. The molecule has 0 aromatic carbocycles. The molecule has 2 aliphatic heterocycles. The van der Waals surface area contributed by atoms with E-state index < -0.39 is 5.41 Å². The Morgan fingerprint density at radius 3 is 2.77 bits per heavy atom. The van der Waals surface area contributed by atoms with Gasteiger partial charge in [-0.25, -0.2) is 4.98 Å². The topological polar surface area (TPSA) is 90.6 Å². The van der Waals surface area contributed by atoms with Gasteiger partial charge in [0.05, 0.1) is 17.2 Å². The molecular formula is C27H36N4O4. The quantitative estimate of drug-likeness (QED) is 0.615. The molecule has 0 radical (unpaired) electrons. The van der Waals surface area contributed by atoms with Crippen molar-refractivity contribution in [3.8, 4) is 17.4 Å². The summed E-state index contributed by atoms with van der Waals surface area (Å²) < 4.78 is 18.3. The molecule has 2 aliphatic carbocycles. The fraction of sp³-hybridized carbons (Fsp3) is 0.704. The van der Waals surface area contributed by atoms with Crippen LogP contribution in [0.5, 0.6) is 5.88 Å². The van der Waals surface area contributed by atoms with E-state index in [1.165, 1.54) is 6.42 Å². The van der Waals surface area contributed by atoms with Crippen molar-refractivity contribution in [1.29, 1.82) is 0 Å². The first-order valence-corrected chi connectivity index (χ1v) is 13.5. The zero-order chi connectivity index (χ0) is 24.0. The van der Waals surface area contributed by atoms with E-state index in [1.54, 1.807) is 0 Å². The number of aromatic nitrogens is 3. The zero-order valence-electron chi connectivity index (χ0n) is 20.9. The molecule has 2 saturated heterocycles. The largest absolute Gasteiger partial charge is 0.473 e. The van der Waals surface area contributed by atoms with Crippen LogP contribution in [0.1, 0.15) is 94.3 Å². The summed E-state index contributed by atoms with van der Waals surface area (Å²) in [4.78, 5) is 25.2. The third kappa shape index (κ3) is 4.08. The number of hydrogen-bond acceptors (Lipinski definition) is 8. The van der Waals surface area contributed by atoms with Crippen molar-refractivity contribution in [3.05, 3.63) is 23.1 Å². The average molecular weight is 481 g/mol. The Kier molecular flexibility index (Phi) is 6.13. The lowest BCUT2D eigenvalue weighted by Gasteiger charge is -2.36. The van der Waals surface area contributed by atoms with Gasteiger partial charge < -0.3 is 14.0 Å². The maximum Gasteiger partial charge on any atom is 0.217 e. The van der Waals surface area contributed by atoms with Crippen LogP contribution >= 0.6 is 0 Å². The third-order valence-electron chi connectivity index (χ3n) is 8.66. The number of carbonyl (C=O) groups is 1. The van der Waals surface area contributed by atoms with Gasteiger partial charge in [-0.1, -0.05) is 11.6 Å². The average Bonchev–Trinajstić information content (AvgIpc) is 3.62. The summed E-state index contributed by atoms with van der Waals surface area (Å²) in [5, 5.41) is 4.47. The molecule has 188 valence electrons. The fourth-order valence-electron chi connectivity index (χ4n) is 6.75. The van der Waals surface area contributed by atoms with Gasteiger partial charge in [-0.05, 0) is 78.3 Å². The molecule has 4 atom stereocenters. The summed E-state index contributed by atoms with van der Waals surface area (Å²) in [6.07, 6.45) is 10.4. The molecule has 0 bridgehead atoms. The third-order valence-corrected chi connectivity index (χ3v) is 8.66. The molecule has 0 N–H and O–H groups in total. The highest BCUT2D eigenvalue weighted by Crippen LogP contribution is 2.47. The van der Waals surface area contributed by atoms with E-state index >= 15 is 0 Å². The van der Waals surface area contributed by atoms with Gasteiger partial charge in [-0.15, -0.1) is 0 Å². The maximum atomic E-state index is 13.1. The zero-order valence-corrected chi connectivity index (χ0v) is 20.9. The lowest BCUT2D eigenvalue weighted by molar-refractivity contribution is -0.128. The van der Waals surface area contributed by atoms with E-state index in [2.05, 4.69) is 24.0 Å². The highest BCUT2D eigenvalue weighted by Gasteiger charge is 2.48. The van der Waals surface area contributed by atoms with Gasteiger partial charge in [0.15, 0.2) is 17.3 Å². The molecule has 3 fully saturated rings. The number of hydrogen-bond donors (Lipinski definition) is 0. The molecule has 4 aliphatic rings. The Bertz CT molecular complexity index is 1090. The number of fused-ring (bicyclic) bond motifs is 2. The first-order chi connectivity index (χ1) is 17.0. The minimum Gasteiger partial charge on any atom is -0.473 e. The van der Waals surface area contributed by atoms with Crippen LogP contribution in [-0.2, 0) is 21.4 Å². The molecule has 4 heterocycles. The van der Waals surface area contributed by atoms with E-state index in [0.29, 0.717) is 35.6 Å². The SMILES string of the molecule is C[C@H](Oc1cc(C2CCCO2)nc(-c2noc3c2CCC[C@@]32CCCCC2=O)n1)[C@@H]1CCCN1C. The minimum absolute atomic E-state index is 0.0111. The number of rotatable bonds is 5. The number of Topliss-reactive ketones (excluding diaryl/α,β-unsaturated/α-hetero) is 1. The summed E-state index contributed by atoms with van der Waals surface area (Å²) in [6.45, 7) is 3.96. The van der Waals surface area contributed by atoms with Crippen molar-refractivity contribution < 1.29 is 18.8 Å². The van der Waals surface area contributed by atoms with Crippen molar-refractivity contribution in [2.24, 2.45) is 0 Å². The van der Waals surface area contributed by atoms with Crippen LogP contribution in [0.25, 0.3) is 11.5 Å². The van der Waals surface area contributed by atoms with Crippen LogP contribution < -0.4 is 4.74 Å². The van der Waals surface area contributed by atoms with E-state index in [4.69, 9.17) is 24.0 Å². The summed E-state index contributed by atoms with van der Waals surface area (Å²) in [5.74, 6) is 2.15. The lowest BCUT2D eigenvalue weighted by atomic mass is 9.64. The number of ether oxygens (including phenoxy) is 2. The molecule has 1 unspecified atom stereocenters. The predicted molar refractivity (Wildman–Crippen MR) is 129 cm³/mol. The number of ketones is 1. The van der Waals surface area contributed by atoms with E-state index in [1.807, 2.05) is 6.07 Å². The Hall–Kier alpha value is -2.32. The monoisotopic (exact) mass is 480 g/mol. The molecule has 1 saturated carbocycles. The van der Waals surface area contributed by atoms with Crippen LogP contribution in [0.3, 0.4) is 0 Å². The van der Waals surface area contributed by atoms with Crippen LogP contribution in [0.15, 0.2) is 10.6 Å². The smallest absolute Gasteiger partial charge is 0.217 e. The van der Waals surface area contributed by atoms with Crippen molar-refractivity contribution in [3.63, 3.8) is 0 Å². The highest BCUT2D eigenvalue weighted by molar-refractivity contribution is 5.91. The van der Waals surface area contributed by atoms with Crippen LogP contribution in [-0.4, -0.2) is 58.2 Å². The standard InChI is InChI=1S/C27H36N4O4/c1-17(20-9-6-14-31(20)2)34-23-16-19(21-10-7-15-33-21)28-26(29-23)24-18-8-5-13-27(25(18)35-30-24)12-4-3-11-22(27)32/h16-17,20-21H,3-15H2,1-2H3/t17-,20-,21?,27+/m0/s1. The first kappa shape index (κ1) is 23.1. The fourth-order valence-corrected chi connectivity index (χ4v) is 6.75. The summed E-state index contributed by atoms with van der Waals surface area (Å²) in [6, 6.07) is 2.31. The van der Waals surface area contributed by atoms with Gasteiger partial charge in [0.1, 0.15) is 11.9 Å². The molecule has 2 aromatic rings. The predicted octanol–water partition coefficient (Wildman–Crippen LogP) is 4.56. The van der Waals surface area contributed by atoms with Gasteiger partial charge >= 0.3 is 0 Å². The second-order valence-electron chi connectivity index (χ2n) is 10.9. The number of likely N-dealkylation sites (tertiary alicyclic amines) is 1. The van der Waals surface area contributed by atoms with Gasteiger partial charge in [0.2, 0.25) is 5.88 Å². The van der Waals surface area contributed by atoms with Crippen LogP contribution in [0.2, 0.25) is 0 Å². The highest BCUT2D eigenvalue weighted by atomic mass is 16.5. The van der Waals surface area contributed by atoms with Gasteiger partial charge in [0, 0.05) is 30.7 Å². The van der Waals surface area contributed by atoms with Crippen LogP contribution in [0, 0.1) is 0 Å². The first-order valence-electron chi connectivity index (χ1n) is 13.5. The molecule has 6 rings (SSSR count).